The summed E-state index contributed by atoms with van der Waals surface area (Å²) < 4.78 is 14.1. The molecule has 6 nitrogen and oxygen atoms in total. The van der Waals surface area contributed by atoms with Crippen LogP contribution in [0.25, 0.3) is 0 Å². The van der Waals surface area contributed by atoms with Gasteiger partial charge in [0.25, 0.3) is 18.1 Å². The minimum atomic E-state index is -0.433. The standard InChI is InChI=1S/C20H26BN3O3/c1-6-12-24-13-11-17(22-14-24)23-18(25)15-7-9-16(10-8-15)21-26-19(2,3)20(4,5)27-21/h7-11,13-14H,6,12H2,1-5H3/p+1. The summed E-state index contributed by atoms with van der Waals surface area (Å²) in [7, 11) is -0.433. The van der Waals surface area contributed by atoms with E-state index in [1.165, 1.54) is 0 Å². The molecule has 1 aliphatic heterocycles. The molecule has 1 saturated heterocycles. The Morgan fingerprint density at radius 3 is 2.26 bits per heavy atom. The summed E-state index contributed by atoms with van der Waals surface area (Å²) in [5.74, 6) is 0.332. The molecule has 0 unspecified atom stereocenters. The number of amides is 1. The van der Waals surface area contributed by atoms with E-state index >= 15 is 0 Å². The van der Waals surface area contributed by atoms with Crippen molar-refractivity contribution < 1.29 is 18.7 Å². The monoisotopic (exact) mass is 368 g/mol. The van der Waals surface area contributed by atoms with Crippen LogP contribution in [0.3, 0.4) is 0 Å². The van der Waals surface area contributed by atoms with Gasteiger partial charge in [-0.15, -0.1) is 0 Å². The van der Waals surface area contributed by atoms with Gasteiger partial charge in [0, 0.05) is 11.6 Å². The first-order chi connectivity index (χ1) is 12.7. The Balaban J connectivity index is 1.66. The van der Waals surface area contributed by atoms with Gasteiger partial charge in [0.2, 0.25) is 0 Å². The van der Waals surface area contributed by atoms with Crippen molar-refractivity contribution in [3.8, 4) is 0 Å². The second-order valence-electron chi connectivity index (χ2n) is 7.85. The number of anilines is 1. The van der Waals surface area contributed by atoms with Crippen LogP contribution < -0.4 is 15.3 Å². The van der Waals surface area contributed by atoms with Crippen molar-refractivity contribution in [1.82, 2.24) is 4.98 Å². The molecule has 1 N–H and O–H groups in total. The number of nitrogens with zero attached hydrogens (tertiary/aromatic N) is 2. The summed E-state index contributed by atoms with van der Waals surface area (Å²) >= 11 is 0. The zero-order chi connectivity index (χ0) is 19.7. The highest BCUT2D eigenvalue weighted by molar-refractivity contribution is 6.62. The molecule has 0 radical (unpaired) electrons. The number of benzene rings is 1. The summed E-state index contributed by atoms with van der Waals surface area (Å²) in [4.78, 5) is 16.7. The number of hydrogen-bond acceptors (Lipinski definition) is 4. The zero-order valence-corrected chi connectivity index (χ0v) is 16.7. The zero-order valence-electron chi connectivity index (χ0n) is 16.7. The average molecular weight is 368 g/mol. The number of aromatic nitrogens is 2. The maximum atomic E-state index is 12.4. The number of aryl methyl sites for hydroxylation is 1. The third kappa shape index (κ3) is 4.20. The second-order valence-corrected chi connectivity index (χ2v) is 7.85. The van der Waals surface area contributed by atoms with Crippen LogP contribution in [0.5, 0.6) is 0 Å². The summed E-state index contributed by atoms with van der Waals surface area (Å²) in [5.41, 5.74) is 0.675. The Kier molecular flexibility index (Phi) is 5.35. The Morgan fingerprint density at radius 2 is 1.74 bits per heavy atom. The predicted molar refractivity (Wildman–Crippen MR) is 105 cm³/mol. The molecule has 1 amide bonds. The van der Waals surface area contributed by atoms with E-state index in [1.807, 2.05) is 50.6 Å². The van der Waals surface area contributed by atoms with Crippen LogP contribution in [-0.2, 0) is 15.9 Å². The highest BCUT2D eigenvalue weighted by Crippen LogP contribution is 2.36. The van der Waals surface area contributed by atoms with Crippen LogP contribution in [0, 0.1) is 0 Å². The van der Waals surface area contributed by atoms with E-state index in [2.05, 4.69) is 17.2 Å². The lowest BCUT2D eigenvalue weighted by Crippen LogP contribution is -2.41. The van der Waals surface area contributed by atoms with Crippen LogP contribution >= 0.6 is 0 Å². The second kappa shape index (κ2) is 7.41. The van der Waals surface area contributed by atoms with Gasteiger partial charge in [0.15, 0.2) is 0 Å². The largest absolute Gasteiger partial charge is 0.494 e. The molecule has 1 aromatic heterocycles. The molecular formula is C20H27BN3O3+. The van der Waals surface area contributed by atoms with Gasteiger partial charge >= 0.3 is 7.12 Å². The molecule has 0 saturated carbocycles. The third-order valence-electron chi connectivity index (χ3n) is 5.19. The minimum absolute atomic E-state index is 0.198. The molecule has 142 valence electrons. The summed E-state index contributed by atoms with van der Waals surface area (Å²) in [5, 5.41) is 2.82. The van der Waals surface area contributed by atoms with Gasteiger partial charge < -0.3 is 9.31 Å². The van der Waals surface area contributed by atoms with Gasteiger partial charge in [-0.3, -0.25) is 10.1 Å². The molecule has 0 atom stereocenters. The van der Waals surface area contributed by atoms with E-state index < -0.39 is 7.12 Å². The number of nitrogens with one attached hydrogen (secondary N) is 1. The number of carbonyl (C=O) groups excluding carboxylic acids is 1. The van der Waals surface area contributed by atoms with Crippen molar-refractivity contribution in [2.24, 2.45) is 0 Å². The fourth-order valence-electron chi connectivity index (χ4n) is 2.81. The van der Waals surface area contributed by atoms with Crippen LogP contribution in [0.4, 0.5) is 5.82 Å². The lowest BCUT2D eigenvalue weighted by Gasteiger charge is -2.32. The van der Waals surface area contributed by atoms with Crippen molar-refractivity contribution >= 4 is 24.3 Å². The molecule has 0 spiro atoms. The van der Waals surface area contributed by atoms with Crippen LogP contribution in [0.1, 0.15) is 51.4 Å². The van der Waals surface area contributed by atoms with Crippen LogP contribution in [0.15, 0.2) is 42.9 Å². The maximum absolute atomic E-state index is 12.4. The molecule has 3 rings (SSSR count). The van der Waals surface area contributed by atoms with Gasteiger partial charge in [0.1, 0.15) is 0 Å². The molecule has 1 fully saturated rings. The highest BCUT2D eigenvalue weighted by atomic mass is 16.7. The van der Waals surface area contributed by atoms with E-state index in [0.717, 1.165) is 18.4 Å². The Morgan fingerprint density at radius 1 is 1.11 bits per heavy atom. The first kappa shape index (κ1) is 19.5. The van der Waals surface area contributed by atoms with E-state index in [4.69, 9.17) is 9.31 Å². The first-order valence-corrected chi connectivity index (χ1v) is 9.34. The Labute approximate surface area is 161 Å². The SMILES string of the molecule is CCC[n+]1ccc(NC(=O)c2ccc(B3OC(C)(C)C(C)(C)O3)cc2)nc1. The van der Waals surface area contributed by atoms with Crippen molar-refractivity contribution in [2.45, 2.75) is 58.8 Å². The normalized spacial score (nSPS) is 17.7. The lowest BCUT2D eigenvalue weighted by atomic mass is 9.79. The number of carbonyl (C=O) groups is 1. The van der Waals surface area contributed by atoms with E-state index in [-0.39, 0.29) is 17.1 Å². The Hall–Kier alpha value is -2.25. The highest BCUT2D eigenvalue weighted by Gasteiger charge is 2.51. The van der Waals surface area contributed by atoms with Gasteiger partial charge in [0.05, 0.1) is 23.9 Å². The molecule has 0 bridgehead atoms. The topological polar surface area (TPSA) is 64.3 Å². The summed E-state index contributed by atoms with van der Waals surface area (Å²) in [6.45, 7) is 11.1. The molecule has 2 heterocycles. The fraction of sp³-hybridized carbons (Fsp3) is 0.450. The van der Waals surface area contributed by atoms with Crippen molar-refractivity contribution in [2.75, 3.05) is 5.32 Å². The summed E-state index contributed by atoms with van der Waals surface area (Å²) in [6, 6.07) is 9.08. The molecule has 27 heavy (non-hydrogen) atoms. The smallest absolute Gasteiger partial charge is 0.399 e. The van der Waals surface area contributed by atoms with Crippen LogP contribution in [0.2, 0.25) is 0 Å². The van der Waals surface area contributed by atoms with Gasteiger partial charge in [-0.05, 0) is 56.7 Å². The Bertz CT molecular complexity index is 788. The number of hydrogen-bond donors (Lipinski definition) is 1. The average Bonchev–Trinajstić information content (AvgIpc) is 2.85. The van der Waals surface area contributed by atoms with Gasteiger partial charge in [-0.2, -0.15) is 0 Å². The van der Waals surface area contributed by atoms with Crippen molar-refractivity contribution in [3.63, 3.8) is 0 Å². The molecule has 1 aliphatic rings. The third-order valence-corrected chi connectivity index (χ3v) is 5.19. The summed E-state index contributed by atoms with van der Waals surface area (Å²) in [6.07, 6.45) is 4.67. The predicted octanol–water partition coefficient (Wildman–Crippen LogP) is 2.33. The molecule has 7 heteroatoms. The van der Waals surface area contributed by atoms with Crippen LogP contribution in [-0.4, -0.2) is 29.2 Å². The number of rotatable bonds is 5. The van der Waals surface area contributed by atoms with E-state index in [9.17, 15) is 4.79 Å². The van der Waals surface area contributed by atoms with E-state index in [0.29, 0.717) is 11.4 Å². The van der Waals surface area contributed by atoms with Crippen molar-refractivity contribution in [1.29, 1.82) is 0 Å². The molecule has 1 aromatic carbocycles. The quantitative estimate of drug-likeness (QED) is 0.650. The van der Waals surface area contributed by atoms with Gasteiger partial charge in [-0.1, -0.05) is 19.1 Å². The maximum Gasteiger partial charge on any atom is 0.494 e. The van der Waals surface area contributed by atoms with Gasteiger partial charge in [-0.25, -0.2) is 4.57 Å². The first-order valence-electron chi connectivity index (χ1n) is 9.34. The molecule has 0 aliphatic carbocycles. The lowest BCUT2D eigenvalue weighted by molar-refractivity contribution is -0.699. The minimum Gasteiger partial charge on any atom is -0.399 e. The molecule has 2 aromatic rings. The molecular weight excluding hydrogens is 341 g/mol. The van der Waals surface area contributed by atoms with E-state index in [1.54, 1.807) is 24.5 Å². The fourth-order valence-corrected chi connectivity index (χ4v) is 2.81. The van der Waals surface area contributed by atoms with Crippen molar-refractivity contribution in [3.05, 3.63) is 48.4 Å².